The minimum atomic E-state index is -4.35. The quantitative estimate of drug-likeness (QED) is 0.0243. The van der Waals surface area contributed by atoms with E-state index in [4.69, 9.17) is 9.05 Å². The summed E-state index contributed by atoms with van der Waals surface area (Å²) in [5.41, 5.74) is 0. The number of carbonyl (C=O) groups is 1. The lowest BCUT2D eigenvalue weighted by molar-refractivity contribution is -0.870. The number of phosphoric ester groups is 1. The molecule has 67 heavy (non-hydrogen) atoms. The average molecular weight is 962 g/mol. The molecule has 3 N–H and O–H groups in total. The van der Waals surface area contributed by atoms with Gasteiger partial charge in [-0.3, -0.25) is 13.8 Å². The van der Waals surface area contributed by atoms with E-state index in [1.54, 1.807) is 0 Å². The Labute approximate surface area is 415 Å². The first-order valence-electron chi connectivity index (χ1n) is 28.2. The second kappa shape index (κ2) is 49.2. The van der Waals surface area contributed by atoms with Crippen molar-refractivity contribution >= 4 is 13.7 Å². The van der Waals surface area contributed by atoms with Gasteiger partial charge in [-0.25, -0.2) is 4.57 Å². The van der Waals surface area contributed by atoms with Gasteiger partial charge in [-0.1, -0.05) is 267 Å². The molecule has 0 radical (unpaired) electrons. The molecular formula is C58H110N2O6P+. The number of rotatable bonds is 51. The Balaban J connectivity index is 4.14. The van der Waals surface area contributed by atoms with Crippen molar-refractivity contribution in [1.82, 2.24) is 5.32 Å². The van der Waals surface area contributed by atoms with E-state index in [-0.39, 0.29) is 25.5 Å². The molecule has 9 heteroatoms. The van der Waals surface area contributed by atoms with Gasteiger partial charge in [-0.2, -0.15) is 0 Å². The average Bonchev–Trinajstić information content (AvgIpc) is 3.29. The first-order valence-corrected chi connectivity index (χ1v) is 29.6. The summed E-state index contributed by atoms with van der Waals surface area (Å²) in [5.74, 6) is -0.270. The van der Waals surface area contributed by atoms with Crippen LogP contribution in [0, 0.1) is 0 Å². The highest BCUT2D eigenvalue weighted by molar-refractivity contribution is 7.47. The van der Waals surface area contributed by atoms with Crippen LogP contribution in [0.25, 0.3) is 0 Å². The molecule has 0 aliphatic rings. The number of carbonyl (C=O) groups excluding carboxylic acids is 1. The third-order valence-corrected chi connectivity index (χ3v) is 13.5. The van der Waals surface area contributed by atoms with Crippen LogP contribution in [-0.2, 0) is 18.4 Å². The number of unbranched alkanes of at least 4 members (excludes halogenated alkanes) is 29. The van der Waals surface area contributed by atoms with Gasteiger partial charge in [0.25, 0.3) is 0 Å². The molecule has 0 heterocycles. The molecule has 0 saturated heterocycles. The Morgan fingerprint density at radius 3 is 1.18 bits per heavy atom. The number of phosphoric acid groups is 1. The molecule has 0 aromatic heterocycles. The van der Waals surface area contributed by atoms with Gasteiger partial charge in [0.2, 0.25) is 5.91 Å². The second-order valence-electron chi connectivity index (χ2n) is 20.3. The van der Waals surface area contributed by atoms with Crippen LogP contribution in [0.1, 0.15) is 251 Å². The van der Waals surface area contributed by atoms with E-state index < -0.39 is 20.0 Å². The third kappa shape index (κ3) is 51.9. The van der Waals surface area contributed by atoms with Crippen molar-refractivity contribution in [2.24, 2.45) is 0 Å². The predicted molar refractivity (Wildman–Crippen MR) is 290 cm³/mol. The normalized spacial score (nSPS) is 14.4. The van der Waals surface area contributed by atoms with Crippen LogP contribution in [0.5, 0.6) is 0 Å². The standard InChI is InChI=1S/C58H109N2O6P/c1-6-8-10-12-14-16-18-20-22-23-24-25-26-27-28-29-30-31-32-33-34-35-36-38-39-41-43-45-47-49-51-57(61)56(55-66-67(63,64)65-54-53-60(3,4)5)59-58(62)52-50-48-46-44-42-40-37-21-19-17-15-13-11-9-7-2/h9,11,15,17,21,37,42,44,48,50,56-57,61H,6-8,10,12-14,16,18-20,22-36,38-41,43,45-47,49,51-55H2,1-5H3,(H-,59,62,63,64)/p+1/b11-9-,17-15-,37-21-,44-42-,50-48-. The van der Waals surface area contributed by atoms with Crippen molar-refractivity contribution in [1.29, 1.82) is 0 Å². The maximum atomic E-state index is 12.9. The highest BCUT2D eigenvalue weighted by Gasteiger charge is 2.28. The number of amides is 1. The van der Waals surface area contributed by atoms with Gasteiger partial charge in [0.15, 0.2) is 0 Å². The Morgan fingerprint density at radius 2 is 0.836 bits per heavy atom. The van der Waals surface area contributed by atoms with Crippen LogP contribution in [0.3, 0.4) is 0 Å². The molecule has 0 aromatic rings. The van der Waals surface area contributed by atoms with Gasteiger partial charge >= 0.3 is 7.82 Å². The smallest absolute Gasteiger partial charge is 0.391 e. The SMILES string of the molecule is CC/C=C\C/C=C\C/C=C\C/C=C\C/C=C\CC(=O)NC(COP(=O)(O)OCC[N+](C)(C)C)C(O)CCCCCCCCCCCCCCCCCCCCCCCCCCCCCCCC. The van der Waals surface area contributed by atoms with Crippen LogP contribution in [0.4, 0.5) is 0 Å². The molecule has 0 aromatic carbocycles. The number of quaternary nitrogens is 1. The molecule has 0 aliphatic carbocycles. The molecule has 0 bridgehead atoms. The highest BCUT2D eigenvalue weighted by atomic mass is 31.2. The number of likely N-dealkylation sites (N-methyl/N-ethyl adjacent to an activating group) is 1. The maximum Gasteiger partial charge on any atom is 0.472 e. The fourth-order valence-corrected chi connectivity index (χ4v) is 8.91. The summed E-state index contributed by atoms with van der Waals surface area (Å²) in [5, 5.41) is 13.9. The summed E-state index contributed by atoms with van der Waals surface area (Å²) in [6, 6.07) is -0.818. The van der Waals surface area contributed by atoms with Crippen molar-refractivity contribution in [3.63, 3.8) is 0 Å². The third-order valence-electron chi connectivity index (χ3n) is 12.6. The van der Waals surface area contributed by atoms with Gasteiger partial charge in [0.1, 0.15) is 13.2 Å². The molecule has 0 fully saturated rings. The summed E-state index contributed by atoms with van der Waals surface area (Å²) < 4.78 is 23.7. The number of hydrogen-bond acceptors (Lipinski definition) is 5. The Bertz CT molecular complexity index is 1270. The molecule has 3 unspecified atom stereocenters. The van der Waals surface area contributed by atoms with Crippen LogP contribution >= 0.6 is 7.82 Å². The number of nitrogens with one attached hydrogen (secondary N) is 1. The lowest BCUT2D eigenvalue weighted by atomic mass is 10.0. The predicted octanol–water partition coefficient (Wildman–Crippen LogP) is 16.9. The maximum absolute atomic E-state index is 12.9. The first-order chi connectivity index (χ1) is 32.5. The largest absolute Gasteiger partial charge is 0.472 e. The Hall–Kier alpha value is -1.80. The number of aliphatic hydroxyl groups excluding tert-OH is 1. The molecule has 0 aliphatic heterocycles. The van der Waals surface area contributed by atoms with E-state index in [0.29, 0.717) is 17.4 Å². The summed E-state index contributed by atoms with van der Waals surface area (Å²) in [4.78, 5) is 23.2. The number of nitrogens with zero attached hydrogens (tertiary/aromatic N) is 1. The van der Waals surface area contributed by atoms with E-state index in [1.165, 1.54) is 173 Å². The summed E-state index contributed by atoms with van der Waals surface area (Å²) in [7, 11) is 1.56. The highest BCUT2D eigenvalue weighted by Crippen LogP contribution is 2.43. The fourth-order valence-electron chi connectivity index (χ4n) is 8.18. The lowest BCUT2D eigenvalue weighted by Crippen LogP contribution is -2.46. The zero-order valence-corrected chi connectivity index (χ0v) is 45.5. The van der Waals surface area contributed by atoms with Crippen molar-refractivity contribution in [2.45, 2.75) is 264 Å². The van der Waals surface area contributed by atoms with Crippen molar-refractivity contribution in [2.75, 3.05) is 40.9 Å². The number of hydrogen-bond donors (Lipinski definition) is 3. The number of allylic oxidation sites excluding steroid dienone is 9. The lowest BCUT2D eigenvalue weighted by Gasteiger charge is -2.26. The fraction of sp³-hybridized carbons (Fsp3) is 0.810. The van der Waals surface area contributed by atoms with E-state index >= 15 is 0 Å². The molecular weight excluding hydrogens is 852 g/mol. The van der Waals surface area contributed by atoms with E-state index in [0.717, 1.165) is 51.4 Å². The van der Waals surface area contributed by atoms with Gasteiger partial charge in [0.05, 0.1) is 39.9 Å². The molecule has 3 atom stereocenters. The van der Waals surface area contributed by atoms with Crippen LogP contribution in [0.2, 0.25) is 0 Å². The first kappa shape index (κ1) is 65.2. The molecule has 0 spiro atoms. The summed E-state index contributed by atoms with van der Waals surface area (Å²) in [6.45, 7) is 4.71. The minimum Gasteiger partial charge on any atom is -0.391 e. The topological polar surface area (TPSA) is 105 Å². The van der Waals surface area contributed by atoms with E-state index in [9.17, 15) is 19.4 Å². The molecule has 0 saturated carbocycles. The van der Waals surface area contributed by atoms with Gasteiger partial charge in [0, 0.05) is 6.42 Å². The van der Waals surface area contributed by atoms with Crippen molar-refractivity contribution in [3.05, 3.63) is 60.8 Å². The molecule has 0 rings (SSSR count). The summed E-state index contributed by atoms with van der Waals surface area (Å²) in [6.07, 6.45) is 66.1. The summed E-state index contributed by atoms with van der Waals surface area (Å²) >= 11 is 0. The number of aliphatic hydroxyl groups is 1. The zero-order valence-electron chi connectivity index (χ0n) is 44.6. The van der Waals surface area contributed by atoms with Gasteiger partial charge in [-0.05, 0) is 38.5 Å². The van der Waals surface area contributed by atoms with Crippen LogP contribution in [0.15, 0.2) is 60.8 Å². The van der Waals surface area contributed by atoms with E-state index in [2.05, 4.69) is 67.8 Å². The van der Waals surface area contributed by atoms with E-state index in [1.807, 2.05) is 33.3 Å². The van der Waals surface area contributed by atoms with Gasteiger partial charge in [-0.15, -0.1) is 0 Å². The molecule has 1 amide bonds. The Kier molecular flexibility index (Phi) is 47.9. The van der Waals surface area contributed by atoms with Crippen molar-refractivity contribution in [3.8, 4) is 0 Å². The second-order valence-corrected chi connectivity index (χ2v) is 21.8. The van der Waals surface area contributed by atoms with Crippen LogP contribution < -0.4 is 5.32 Å². The monoisotopic (exact) mass is 962 g/mol. The zero-order chi connectivity index (χ0) is 49.2. The van der Waals surface area contributed by atoms with Crippen LogP contribution in [-0.4, -0.2) is 73.4 Å². The molecule has 8 nitrogen and oxygen atoms in total. The minimum absolute atomic E-state index is 0.0561. The van der Waals surface area contributed by atoms with Crippen molar-refractivity contribution < 1.29 is 32.9 Å². The molecule has 392 valence electrons. The van der Waals surface area contributed by atoms with Gasteiger partial charge < -0.3 is 19.8 Å². The Morgan fingerprint density at radius 1 is 0.507 bits per heavy atom.